The smallest absolute Gasteiger partial charge is 0.188 e. The van der Waals surface area contributed by atoms with Crippen molar-refractivity contribution in [2.24, 2.45) is 5.92 Å². The zero-order chi connectivity index (χ0) is 11.4. The summed E-state index contributed by atoms with van der Waals surface area (Å²) in [5.74, 6) is 0.370. The van der Waals surface area contributed by atoms with Crippen LogP contribution >= 0.6 is 0 Å². The van der Waals surface area contributed by atoms with Crippen molar-refractivity contribution in [3.63, 3.8) is 0 Å². The number of halogens is 1. The van der Waals surface area contributed by atoms with Crippen LogP contribution in [0.25, 0.3) is 0 Å². The van der Waals surface area contributed by atoms with Crippen molar-refractivity contribution in [2.75, 3.05) is 5.73 Å². The Morgan fingerprint density at radius 1 is 1.47 bits per heavy atom. The number of anilines is 1. The van der Waals surface area contributed by atoms with Crippen LogP contribution in [0.15, 0.2) is 0 Å². The molecule has 1 atom stereocenters. The molecule has 0 aliphatic heterocycles. The maximum atomic E-state index is 13.6. The van der Waals surface area contributed by atoms with Crippen LogP contribution in [-0.4, -0.2) is 10.2 Å². The van der Waals surface area contributed by atoms with E-state index in [2.05, 4.69) is 31.0 Å². The predicted molar refractivity (Wildman–Crippen MR) is 60.1 cm³/mol. The highest BCUT2D eigenvalue weighted by Gasteiger charge is 2.20. The van der Waals surface area contributed by atoms with Gasteiger partial charge in [-0.2, -0.15) is 5.10 Å². The first-order valence-electron chi connectivity index (χ1n) is 5.55. The Bertz CT molecular complexity index is 307. The molecule has 1 aromatic heterocycles. The molecule has 4 heteroatoms. The van der Waals surface area contributed by atoms with Crippen LogP contribution in [-0.2, 0) is 0 Å². The number of aromatic nitrogens is 2. The monoisotopic (exact) mass is 213 g/mol. The van der Waals surface area contributed by atoms with Gasteiger partial charge in [-0.1, -0.05) is 27.2 Å². The Labute approximate surface area is 90.3 Å². The molecule has 0 amide bonds. The number of rotatable bonds is 5. The van der Waals surface area contributed by atoms with E-state index >= 15 is 0 Å². The first-order chi connectivity index (χ1) is 7.06. The SMILES string of the molecule is CCCC(CC(C)C)c1[nH]nc(N)c1F. The van der Waals surface area contributed by atoms with Gasteiger partial charge in [0.15, 0.2) is 11.6 Å². The molecule has 1 aromatic rings. The second-order valence-electron chi connectivity index (χ2n) is 4.45. The molecule has 0 fully saturated rings. The number of nitrogens with zero attached hydrogens (tertiary/aromatic N) is 1. The molecule has 0 saturated heterocycles. The van der Waals surface area contributed by atoms with Crippen LogP contribution in [0.4, 0.5) is 10.2 Å². The number of H-pyrrole nitrogens is 1. The summed E-state index contributed by atoms with van der Waals surface area (Å²) in [6.45, 7) is 6.38. The fraction of sp³-hybridized carbons (Fsp3) is 0.727. The molecule has 0 aliphatic rings. The zero-order valence-electron chi connectivity index (χ0n) is 9.68. The van der Waals surface area contributed by atoms with Crippen LogP contribution < -0.4 is 5.73 Å². The molecular weight excluding hydrogens is 193 g/mol. The Morgan fingerprint density at radius 2 is 2.13 bits per heavy atom. The fourth-order valence-electron chi connectivity index (χ4n) is 1.92. The van der Waals surface area contributed by atoms with Gasteiger partial charge in [0.25, 0.3) is 0 Å². The number of aromatic amines is 1. The van der Waals surface area contributed by atoms with Crippen molar-refractivity contribution in [2.45, 2.75) is 46.0 Å². The third-order valence-corrected chi connectivity index (χ3v) is 2.56. The number of nitrogens with two attached hydrogens (primary N) is 1. The molecule has 3 N–H and O–H groups in total. The number of nitrogens with one attached hydrogen (secondary N) is 1. The quantitative estimate of drug-likeness (QED) is 0.789. The minimum Gasteiger partial charge on any atom is -0.380 e. The van der Waals surface area contributed by atoms with Crippen LogP contribution in [0.2, 0.25) is 0 Å². The Hall–Kier alpha value is -1.06. The summed E-state index contributed by atoms with van der Waals surface area (Å²) in [6.07, 6.45) is 2.97. The fourth-order valence-corrected chi connectivity index (χ4v) is 1.92. The first kappa shape index (κ1) is 12.0. The van der Waals surface area contributed by atoms with E-state index in [0.717, 1.165) is 19.3 Å². The lowest BCUT2D eigenvalue weighted by molar-refractivity contribution is 0.448. The van der Waals surface area contributed by atoms with E-state index < -0.39 is 0 Å². The molecule has 3 nitrogen and oxygen atoms in total. The van der Waals surface area contributed by atoms with E-state index in [0.29, 0.717) is 11.6 Å². The molecule has 0 radical (unpaired) electrons. The molecular formula is C11H20FN3. The minimum atomic E-state index is -0.367. The van der Waals surface area contributed by atoms with Gasteiger partial charge in [0, 0.05) is 5.92 Å². The standard InChI is InChI=1S/C11H20FN3/c1-4-5-8(6-7(2)3)10-9(12)11(13)15-14-10/h7-8H,4-6H2,1-3H3,(H3,13,14,15). The van der Waals surface area contributed by atoms with Gasteiger partial charge in [-0.15, -0.1) is 0 Å². The predicted octanol–water partition coefficient (Wildman–Crippen LogP) is 3.06. The Kier molecular flexibility index (Phi) is 4.12. The van der Waals surface area contributed by atoms with Crippen molar-refractivity contribution in [3.05, 3.63) is 11.5 Å². The first-order valence-corrected chi connectivity index (χ1v) is 5.55. The third kappa shape index (κ3) is 2.94. The molecule has 0 saturated carbocycles. The highest BCUT2D eigenvalue weighted by atomic mass is 19.1. The van der Waals surface area contributed by atoms with Crippen molar-refractivity contribution >= 4 is 5.82 Å². The third-order valence-electron chi connectivity index (χ3n) is 2.56. The number of hydrogen-bond acceptors (Lipinski definition) is 2. The molecule has 86 valence electrons. The molecule has 0 aromatic carbocycles. The van der Waals surface area contributed by atoms with Crippen molar-refractivity contribution in [1.29, 1.82) is 0 Å². The zero-order valence-corrected chi connectivity index (χ0v) is 9.68. The van der Waals surface area contributed by atoms with E-state index in [1.54, 1.807) is 0 Å². The summed E-state index contributed by atoms with van der Waals surface area (Å²) in [5.41, 5.74) is 5.96. The van der Waals surface area contributed by atoms with Crippen LogP contribution in [0.1, 0.15) is 51.6 Å². The second-order valence-corrected chi connectivity index (χ2v) is 4.45. The summed E-state index contributed by atoms with van der Waals surface area (Å²) >= 11 is 0. The van der Waals surface area contributed by atoms with Gasteiger partial charge in [0.05, 0.1) is 5.69 Å². The molecule has 15 heavy (non-hydrogen) atoms. The average molecular weight is 213 g/mol. The largest absolute Gasteiger partial charge is 0.380 e. The van der Waals surface area contributed by atoms with Gasteiger partial charge < -0.3 is 5.73 Å². The van der Waals surface area contributed by atoms with Crippen LogP contribution in [0.3, 0.4) is 0 Å². The van der Waals surface area contributed by atoms with Crippen LogP contribution in [0, 0.1) is 11.7 Å². The summed E-state index contributed by atoms with van der Waals surface area (Å²) in [6, 6.07) is 0. The number of hydrogen-bond donors (Lipinski definition) is 2. The molecule has 0 spiro atoms. The molecule has 0 bridgehead atoms. The van der Waals surface area contributed by atoms with Gasteiger partial charge in [-0.3, -0.25) is 5.10 Å². The normalized spacial score (nSPS) is 13.4. The van der Waals surface area contributed by atoms with Crippen molar-refractivity contribution in [1.82, 2.24) is 10.2 Å². The van der Waals surface area contributed by atoms with E-state index in [9.17, 15) is 4.39 Å². The van der Waals surface area contributed by atoms with Crippen molar-refractivity contribution < 1.29 is 4.39 Å². The molecule has 1 rings (SSSR count). The summed E-state index contributed by atoms with van der Waals surface area (Å²) < 4.78 is 13.6. The lowest BCUT2D eigenvalue weighted by Crippen LogP contribution is -2.05. The lowest BCUT2D eigenvalue weighted by atomic mass is 9.90. The highest BCUT2D eigenvalue weighted by Crippen LogP contribution is 2.30. The average Bonchev–Trinajstić information content (AvgIpc) is 2.46. The Balaban J connectivity index is 2.83. The lowest BCUT2D eigenvalue weighted by Gasteiger charge is -2.16. The second kappa shape index (κ2) is 5.14. The van der Waals surface area contributed by atoms with E-state index in [4.69, 9.17) is 5.73 Å². The molecule has 1 unspecified atom stereocenters. The maximum absolute atomic E-state index is 13.6. The summed E-state index contributed by atoms with van der Waals surface area (Å²) in [4.78, 5) is 0. The van der Waals surface area contributed by atoms with Gasteiger partial charge in [0.2, 0.25) is 0 Å². The minimum absolute atomic E-state index is 0.0186. The van der Waals surface area contributed by atoms with Gasteiger partial charge in [0.1, 0.15) is 0 Å². The van der Waals surface area contributed by atoms with E-state index in [-0.39, 0.29) is 17.6 Å². The van der Waals surface area contributed by atoms with E-state index in [1.165, 1.54) is 0 Å². The van der Waals surface area contributed by atoms with E-state index in [1.807, 2.05) is 0 Å². The maximum Gasteiger partial charge on any atom is 0.188 e. The van der Waals surface area contributed by atoms with Gasteiger partial charge in [-0.25, -0.2) is 4.39 Å². The van der Waals surface area contributed by atoms with Crippen LogP contribution in [0.5, 0.6) is 0 Å². The number of nitrogen functional groups attached to an aromatic ring is 1. The van der Waals surface area contributed by atoms with Crippen molar-refractivity contribution in [3.8, 4) is 0 Å². The molecule has 0 aliphatic carbocycles. The Morgan fingerprint density at radius 3 is 2.53 bits per heavy atom. The topological polar surface area (TPSA) is 54.7 Å². The van der Waals surface area contributed by atoms with Gasteiger partial charge >= 0.3 is 0 Å². The molecule has 1 heterocycles. The van der Waals surface area contributed by atoms with Gasteiger partial charge in [-0.05, 0) is 18.8 Å². The highest BCUT2D eigenvalue weighted by molar-refractivity contribution is 5.33. The summed E-state index contributed by atoms with van der Waals surface area (Å²) in [5, 5.41) is 6.42. The summed E-state index contributed by atoms with van der Waals surface area (Å²) in [7, 11) is 0.